The number of Topliss-reactive ketones (excluding diaryl/α,β-unsaturated/α-hetero) is 1. The molecule has 0 unspecified atom stereocenters. The Kier molecular flexibility index (Phi) is 4.53. The number of ether oxygens (including phenoxy) is 1. The molecule has 1 aromatic carbocycles. The van der Waals surface area contributed by atoms with Gasteiger partial charge in [-0.3, -0.25) is 4.79 Å². The van der Waals surface area contributed by atoms with E-state index in [1.165, 1.54) is 0 Å². The third-order valence-corrected chi connectivity index (χ3v) is 2.84. The average molecular weight is 220 g/mol. The van der Waals surface area contributed by atoms with Crippen LogP contribution >= 0.6 is 0 Å². The molecule has 0 aliphatic heterocycles. The lowest BCUT2D eigenvalue weighted by Gasteiger charge is -2.19. The Bertz CT molecular complexity index is 338. The molecular weight excluding hydrogens is 200 g/mol. The summed E-state index contributed by atoms with van der Waals surface area (Å²) >= 11 is 0. The van der Waals surface area contributed by atoms with Crippen molar-refractivity contribution in [3.8, 4) is 5.75 Å². The van der Waals surface area contributed by atoms with Gasteiger partial charge < -0.3 is 4.74 Å². The molecule has 0 aliphatic carbocycles. The Labute approximate surface area is 97.6 Å². The summed E-state index contributed by atoms with van der Waals surface area (Å²) in [4.78, 5) is 11.9. The lowest BCUT2D eigenvalue weighted by molar-refractivity contribution is -0.121. The summed E-state index contributed by atoms with van der Waals surface area (Å²) in [6.45, 7) is 6.09. The highest BCUT2D eigenvalue weighted by atomic mass is 16.5. The standard InChI is InChI=1S/C14H20O2/c1-5-13(15)14(10(2)3)11-6-8-12(16-4)9-7-11/h6-10,14H,5H2,1-4H3/t14-/m1/s1. The summed E-state index contributed by atoms with van der Waals surface area (Å²) in [5.74, 6) is 1.48. The van der Waals surface area contributed by atoms with Crippen molar-refractivity contribution >= 4 is 5.78 Å². The minimum atomic E-state index is 0.0101. The van der Waals surface area contributed by atoms with Crippen LogP contribution in [0.25, 0.3) is 0 Å². The number of ketones is 1. The molecule has 0 fully saturated rings. The second-order valence-corrected chi connectivity index (χ2v) is 4.31. The first-order chi connectivity index (χ1) is 7.60. The summed E-state index contributed by atoms with van der Waals surface area (Å²) in [7, 11) is 1.64. The SMILES string of the molecule is CCC(=O)[C@@H](c1ccc(OC)cc1)C(C)C. The van der Waals surface area contributed by atoms with E-state index in [9.17, 15) is 4.79 Å². The Balaban J connectivity index is 2.97. The van der Waals surface area contributed by atoms with Gasteiger partial charge in [0.05, 0.1) is 7.11 Å². The van der Waals surface area contributed by atoms with Gasteiger partial charge in [0.2, 0.25) is 0 Å². The van der Waals surface area contributed by atoms with E-state index in [4.69, 9.17) is 4.74 Å². The predicted octanol–water partition coefficient (Wildman–Crippen LogP) is 3.41. The predicted molar refractivity (Wildman–Crippen MR) is 65.9 cm³/mol. The maximum Gasteiger partial charge on any atom is 0.140 e. The first-order valence-corrected chi connectivity index (χ1v) is 5.76. The van der Waals surface area contributed by atoms with Crippen molar-refractivity contribution < 1.29 is 9.53 Å². The number of rotatable bonds is 5. The van der Waals surface area contributed by atoms with Gasteiger partial charge in [0.1, 0.15) is 11.5 Å². The van der Waals surface area contributed by atoms with Crippen molar-refractivity contribution in [3.63, 3.8) is 0 Å². The third-order valence-electron chi connectivity index (χ3n) is 2.84. The number of carbonyl (C=O) groups excluding carboxylic acids is 1. The molecule has 1 aromatic rings. The fraction of sp³-hybridized carbons (Fsp3) is 0.500. The first-order valence-electron chi connectivity index (χ1n) is 5.76. The van der Waals surface area contributed by atoms with Gasteiger partial charge in [0, 0.05) is 12.3 Å². The van der Waals surface area contributed by atoms with Crippen LogP contribution in [-0.2, 0) is 4.79 Å². The Morgan fingerprint density at radius 2 is 1.81 bits per heavy atom. The number of methoxy groups -OCH3 is 1. The molecule has 0 N–H and O–H groups in total. The zero-order valence-corrected chi connectivity index (χ0v) is 10.5. The molecule has 0 aliphatic rings. The molecule has 0 amide bonds. The molecule has 0 saturated carbocycles. The smallest absolute Gasteiger partial charge is 0.140 e. The molecule has 0 radical (unpaired) electrons. The van der Waals surface area contributed by atoms with Gasteiger partial charge >= 0.3 is 0 Å². The molecular formula is C14H20O2. The topological polar surface area (TPSA) is 26.3 Å². The number of hydrogen-bond acceptors (Lipinski definition) is 2. The summed E-state index contributed by atoms with van der Waals surface area (Å²) in [5, 5.41) is 0. The van der Waals surface area contributed by atoms with Crippen LogP contribution in [0.2, 0.25) is 0 Å². The molecule has 1 rings (SSSR count). The van der Waals surface area contributed by atoms with Gasteiger partial charge in [-0.15, -0.1) is 0 Å². The van der Waals surface area contributed by atoms with E-state index in [0.717, 1.165) is 11.3 Å². The molecule has 0 heterocycles. The van der Waals surface area contributed by atoms with Crippen LogP contribution in [0.3, 0.4) is 0 Å². The minimum Gasteiger partial charge on any atom is -0.497 e. The summed E-state index contributed by atoms with van der Waals surface area (Å²) < 4.78 is 5.11. The van der Waals surface area contributed by atoms with Crippen LogP contribution in [0.5, 0.6) is 5.75 Å². The van der Waals surface area contributed by atoms with Crippen LogP contribution in [-0.4, -0.2) is 12.9 Å². The Hall–Kier alpha value is -1.31. The molecule has 0 saturated heterocycles. The zero-order valence-electron chi connectivity index (χ0n) is 10.5. The Morgan fingerprint density at radius 1 is 1.25 bits per heavy atom. The van der Waals surface area contributed by atoms with Gasteiger partial charge in [0.25, 0.3) is 0 Å². The van der Waals surface area contributed by atoms with Crippen molar-refractivity contribution in [2.45, 2.75) is 33.1 Å². The largest absolute Gasteiger partial charge is 0.497 e. The lowest BCUT2D eigenvalue weighted by Crippen LogP contribution is -2.17. The highest BCUT2D eigenvalue weighted by Crippen LogP contribution is 2.27. The van der Waals surface area contributed by atoms with Gasteiger partial charge in [0.15, 0.2) is 0 Å². The van der Waals surface area contributed by atoms with Crippen molar-refractivity contribution in [2.75, 3.05) is 7.11 Å². The van der Waals surface area contributed by atoms with Crippen LogP contribution in [0, 0.1) is 5.92 Å². The minimum absolute atomic E-state index is 0.0101. The van der Waals surface area contributed by atoms with Crippen LogP contribution in [0.15, 0.2) is 24.3 Å². The number of carbonyl (C=O) groups is 1. The van der Waals surface area contributed by atoms with E-state index in [1.807, 2.05) is 31.2 Å². The fourth-order valence-electron chi connectivity index (χ4n) is 1.97. The quantitative estimate of drug-likeness (QED) is 0.760. The molecule has 88 valence electrons. The van der Waals surface area contributed by atoms with E-state index in [2.05, 4.69) is 13.8 Å². The fourth-order valence-corrected chi connectivity index (χ4v) is 1.97. The summed E-state index contributed by atoms with van der Waals surface area (Å²) in [6.07, 6.45) is 0.592. The molecule has 2 nitrogen and oxygen atoms in total. The first kappa shape index (κ1) is 12.8. The van der Waals surface area contributed by atoms with Gasteiger partial charge in [-0.05, 0) is 23.6 Å². The lowest BCUT2D eigenvalue weighted by atomic mass is 9.84. The molecule has 2 heteroatoms. The second-order valence-electron chi connectivity index (χ2n) is 4.31. The number of hydrogen-bond donors (Lipinski definition) is 0. The van der Waals surface area contributed by atoms with Crippen molar-refractivity contribution in [1.82, 2.24) is 0 Å². The highest BCUT2D eigenvalue weighted by Gasteiger charge is 2.22. The van der Waals surface area contributed by atoms with Crippen molar-refractivity contribution in [3.05, 3.63) is 29.8 Å². The van der Waals surface area contributed by atoms with Crippen LogP contribution in [0.4, 0.5) is 0 Å². The maximum absolute atomic E-state index is 11.9. The monoisotopic (exact) mass is 220 g/mol. The molecule has 1 atom stereocenters. The molecule has 0 aromatic heterocycles. The average Bonchev–Trinajstić information content (AvgIpc) is 2.29. The normalized spacial score (nSPS) is 12.6. The molecule has 16 heavy (non-hydrogen) atoms. The van der Waals surface area contributed by atoms with Crippen LogP contribution < -0.4 is 4.74 Å². The van der Waals surface area contributed by atoms with E-state index >= 15 is 0 Å². The summed E-state index contributed by atoms with van der Waals surface area (Å²) in [6, 6.07) is 7.79. The highest BCUT2D eigenvalue weighted by molar-refractivity contribution is 5.85. The van der Waals surface area contributed by atoms with Crippen LogP contribution in [0.1, 0.15) is 38.7 Å². The van der Waals surface area contributed by atoms with Gasteiger partial charge in [-0.2, -0.15) is 0 Å². The maximum atomic E-state index is 11.9. The van der Waals surface area contributed by atoms with E-state index in [0.29, 0.717) is 18.1 Å². The summed E-state index contributed by atoms with van der Waals surface area (Å²) in [5.41, 5.74) is 1.09. The third kappa shape index (κ3) is 2.84. The van der Waals surface area contributed by atoms with Gasteiger partial charge in [-0.25, -0.2) is 0 Å². The van der Waals surface area contributed by atoms with E-state index < -0.39 is 0 Å². The number of benzene rings is 1. The van der Waals surface area contributed by atoms with Crippen molar-refractivity contribution in [2.24, 2.45) is 5.92 Å². The van der Waals surface area contributed by atoms with E-state index in [-0.39, 0.29) is 5.92 Å². The van der Waals surface area contributed by atoms with Crippen molar-refractivity contribution in [1.29, 1.82) is 0 Å². The van der Waals surface area contributed by atoms with E-state index in [1.54, 1.807) is 7.11 Å². The zero-order chi connectivity index (χ0) is 12.1. The molecule has 0 bridgehead atoms. The molecule has 0 spiro atoms. The Morgan fingerprint density at radius 3 is 2.19 bits per heavy atom. The second kappa shape index (κ2) is 5.69. The van der Waals surface area contributed by atoms with Gasteiger partial charge in [-0.1, -0.05) is 32.9 Å².